The minimum Gasteiger partial charge on any atom is -0.464 e. The molecular formula is C35H40N6O7. The van der Waals surface area contributed by atoms with E-state index in [9.17, 15) is 24.0 Å². The van der Waals surface area contributed by atoms with Crippen molar-refractivity contribution in [3.05, 3.63) is 83.4 Å². The minimum atomic E-state index is -0.448. The molecule has 0 aromatic heterocycles. The summed E-state index contributed by atoms with van der Waals surface area (Å²) in [6, 6.07) is 18.8. The van der Waals surface area contributed by atoms with Crippen LogP contribution in [0, 0.1) is 6.92 Å². The number of nitrogens with zero attached hydrogens (tertiary/aromatic N) is 3. The quantitative estimate of drug-likeness (QED) is 0.266. The predicted molar refractivity (Wildman–Crippen MR) is 181 cm³/mol. The molecule has 0 bridgehead atoms. The van der Waals surface area contributed by atoms with Gasteiger partial charge in [0.15, 0.2) is 0 Å². The standard InChI is InChI=1S/C35H40N6O7/c1-24-5-3-4-6-29(24)38-35(46)37-26-9-7-25(8-10-26)21-31(42)36-27-11-12-30-28(22-27)34(45)41(23-32(43)39(30)2)14-13-33(44)48-20-17-40-15-18-47-19-16-40/h3-12,22H,13-21,23H2,1-2H3,(H,36,42)(H2,37,38,46). The molecule has 0 spiro atoms. The Labute approximate surface area is 279 Å². The summed E-state index contributed by atoms with van der Waals surface area (Å²) in [5, 5.41) is 8.41. The number of morpholine rings is 1. The number of rotatable bonds is 11. The largest absolute Gasteiger partial charge is 0.464 e. The zero-order chi connectivity index (χ0) is 34.0. The van der Waals surface area contributed by atoms with Gasteiger partial charge in [0.2, 0.25) is 11.8 Å². The van der Waals surface area contributed by atoms with Gasteiger partial charge in [-0.1, -0.05) is 30.3 Å². The molecule has 1 fully saturated rings. The molecule has 5 rings (SSSR count). The highest BCUT2D eigenvalue weighted by molar-refractivity contribution is 6.10. The van der Waals surface area contributed by atoms with E-state index < -0.39 is 11.9 Å². The molecule has 3 aromatic rings. The first-order valence-corrected chi connectivity index (χ1v) is 15.8. The highest BCUT2D eigenvalue weighted by Gasteiger charge is 2.30. The van der Waals surface area contributed by atoms with Gasteiger partial charge in [0.05, 0.1) is 37.3 Å². The Hall–Kier alpha value is -5.27. The Morgan fingerprint density at radius 3 is 2.35 bits per heavy atom. The second-order valence-corrected chi connectivity index (χ2v) is 11.7. The van der Waals surface area contributed by atoms with E-state index in [1.165, 1.54) is 9.80 Å². The number of benzene rings is 3. The molecule has 2 aliphatic heterocycles. The van der Waals surface area contributed by atoms with Gasteiger partial charge < -0.3 is 35.2 Å². The number of nitrogens with one attached hydrogen (secondary N) is 3. The molecule has 0 atom stereocenters. The number of hydrogen-bond donors (Lipinski definition) is 3. The second-order valence-electron chi connectivity index (χ2n) is 11.7. The number of carbonyl (C=O) groups is 5. The van der Waals surface area contributed by atoms with Crippen molar-refractivity contribution in [2.24, 2.45) is 0 Å². The highest BCUT2D eigenvalue weighted by Crippen LogP contribution is 2.28. The highest BCUT2D eigenvalue weighted by atomic mass is 16.5. The van der Waals surface area contributed by atoms with Crippen molar-refractivity contribution in [3.63, 3.8) is 0 Å². The van der Waals surface area contributed by atoms with Crippen LogP contribution in [0.4, 0.5) is 27.5 Å². The maximum absolute atomic E-state index is 13.5. The molecule has 252 valence electrons. The number of urea groups is 1. The normalized spacial score (nSPS) is 15.0. The van der Waals surface area contributed by atoms with E-state index in [0.717, 1.165) is 24.2 Å². The maximum atomic E-state index is 13.5. The lowest BCUT2D eigenvalue weighted by Gasteiger charge is -2.26. The predicted octanol–water partition coefficient (Wildman–Crippen LogP) is 3.50. The summed E-state index contributed by atoms with van der Waals surface area (Å²) in [5.74, 6) is -1.48. The lowest BCUT2D eigenvalue weighted by Crippen LogP contribution is -2.39. The topological polar surface area (TPSA) is 150 Å². The summed E-state index contributed by atoms with van der Waals surface area (Å²) < 4.78 is 10.7. The van der Waals surface area contributed by atoms with Crippen LogP contribution in [0.5, 0.6) is 0 Å². The molecule has 1 saturated heterocycles. The van der Waals surface area contributed by atoms with E-state index in [1.807, 2.05) is 31.2 Å². The smallest absolute Gasteiger partial charge is 0.323 e. The van der Waals surface area contributed by atoms with E-state index in [4.69, 9.17) is 9.47 Å². The molecule has 0 unspecified atom stereocenters. The number of hydrogen-bond acceptors (Lipinski definition) is 8. The molecule has 5 amide bonds. The first kappa shape index (κ1) is 34.1. The van der Waals surface area contributed by atoms with Gasteiger partial charge in [-0.15, -0.1) is 0 Å². The first-order chi connectivity index (χ1) is 23.2. The third kappa shape index (κ3) is 9.17. The van der Waals surface area contributed by atoms with E-state index in [-0.39, 0.29) is 55.9 Å². The number of amides is 5. The van der Waals surface area contributed by atoms with E-state index >= 15 is 0 Å². The number of carbonyl (C=O) groups excluding carboxylic acids is 5. The van der Waals surface area contributed by atoms with Crippen molar-refractivity contribution in [2.75, 3.05) is 80.4 Å². The number of ether oxygens (including phenoxy) is 2. The number of esters is 1. The van der Waals surface area contributed by atoms with Gasteiger partial charge in [-0.05, 0) is 54.4 Å². The SMILES string of the molecule is Cc1ccccc1NC(=O)Nc1ccc(CC(=O)Nc2ccc3c(c2)C(=O)N(CCC(=O)OCCN2CCOCC2)CC(=O)N3C)cc1. The lowest BCUT2D eigenvalue weighted by molar-refractivity contribution is -0.144. The monoisotopic (exact) mass is 656 g/mol. The first-order valence-electron chi connectivity index (χ1n) is 15.8. The Balaban J connectivity index is 1.14. The molecule has 3 aromatic carbocycles. The van der Waals surface area contributed by atoms with Crippen molar-refractivity contribution in [2.45, 2.75) is 19.8 Å². The molecular weight excluding hydrogens is 616 g/mol. The molecule has 2 heterocycles. The second kappa shape index (κ2) is 16.0. The van der Waals surface area contributed by atoms with Gasteiger partial charge in [0.1, 0.15) is 13.2 Å². The van der Waals surface area contributed by atoms with Crippen LogP contribution >= 0.6 is 0 Å². The molecule has 48 heavy (non-hydrogen) atoms. The van der Waals surface area contributed by atoms with Gasteiger partial charge in [-0.25, -0.2) is 4.79 Å². The van der Waals surface area contributed by atoms with Crippen molar-refractivity contribution in [1.29, 1.82) is 0 Å². The van der Waals surface area contributed by atoms with Gasteiger partial charge in [0.25, 0.3) is 5.91 Å². The number of fused-ring (bicyclic) bond motifs is 1. The molecule has 0 aliphatic carbocycles. The van der Waals surface area contributed by atoms with Crippen LogP contribution in [0.25, 0.3) is 0 Å². The molecule has 3 N–H and O–H groups in total. The van der Waals surface area contributed by atoms with Gasteiger partial charge in [-0.3, -0.25) is 24.1 Å². The number of para-hydroxylation sites is 1. The molecule has 2 aliphatic rings. The summed E-state index contributed by atoms with van der Waals surface area (Å²) in [6.45, 7) is 5.48. The number of anilines is 4. The van der Waals surface area contributed by atoms with Crippen LogP contribution in [0.3, 0.4) is 0 Å². The van der Waals surface area contributed by atoms with Crippen LogP contribution in [0.15, 0.2) is 66.7 Å². The van der Waals surface area contributed by atoms with E-state index in [1.54, 1.807) is 49.5 Å². The van der Waals surface area contributed by atoms with Crippen LogP contribution in [0.2, 0.25) is 0 Å². The Kier molecular flexibility index (Phi) is 11.4. The van der Waals surface area contributed by atoms with Crippen LogP contribution in [0.1, 0.15) is 27.9 Å². The third-order valence-electron chi connectivity index (χ3n) is 8.19. The summed E-state index contributed by atoms with van der Waals surface area (Å²) in [7, 11) is 1.58. The summed E-state index contributed by atoms with van der Waals surface area (Å²) in [6.07, 6.45) is 0.00215. The fourth-order valence-corrected chi connectivity index (χ4v) is 5.41. The Bertz CT molecular complexity index is 1660. The van der Waals surface area contributed by atoms with Crippen molar-refractivity contribution >= 4 is 52.5 Å². The minimum absolute atomic E-state index is 0.0171. The molecule has 13 nitrogen and oxygen atoms in total. The Morgan fingerprint density at radius 2 is 1.60 bits per heavy atom. The van der Waals surface area contributed by atoms with Crippen molar-refractivity contribution in [1.82, 2.24) is 9.80 Å². The average Bonchev–Trinajstić information content (AvgIpc) is 3.16. The van der Waals surface area contributed by atoms with Crippen LogP contribution in [-0.2, 0) is 30.3 Å². The third-order valence-corrected chi connectivity index (χ3v) is 8.19. The summed E-state index contributed by atoms with van der Waals surface area (Å²) >= 11 is 0. The zero-order valence-corrected chi connectivity index (χ0v) is 27.1. The van der Waals surface area contributed by atoms with Crippen LogP contribution < -0.4 is 20.9 Å². The van der Waals surface area contributed by atoms with Crippen LogP contribution in [-0.4, -0.2) is 99.1 Å². The van der Waals surface area contributed by atoms with Crippen molar-refractivity contribution < 1.29 is 33.4 Å². The fraction of sp³-hybridized carbons (Fsp3) is 0.343. The van der Waals surface area contributed by atoms with Gasteiger partial charge in [-0.2, -0.15) is 0 Å². The van der Waals surface area contributed by atoms with Gasteiger partial charge >= 0.3 is 12.0 Å². The van der Waals surface area contributed by atoms with Crippen molar-refractivity contribution in [3.8, 4) is 0 Å². The fourth-order valence-electron chi connectivity index (χ4n) is 5.41. The zero-order valence-electron chi connectivity index (χ0n) is 27.1. The molecule has 0 radical (unpaired) electrons. The molecule has 0 saturated carbocycles. The van der Waals surface area contributed by atoms with E-state index in [0.29, 0.717) is 42.5 Å². The number of aryl methyl sites for hydroxylation is 1. The Morgan fingerprint density at radius 1 is 0.875 bits per heavy atom. The summed E-state index contributed by atoms with van der Waals surface area (Å²) in [4.78, 5) is 69.0. The molecule has 13 heteroatoms. The van der Waals surface area contributed by atoms with Gasteiger partial charge in [0, 0.05) is 50.3 Å². The summed E-state index contributed by atoms with van der Waals surface area (Å²) in [5.41, 5.74) is 3.98. The number of likely N-dealkylation sites (N-methyl/N-ethyl adjacent to an activating group) is 1. The maximum Gasteiger partial charge on any atom is 0.323 e. The lowest BCUT2D eigenvalue weighted by atomic mass is 10.1. The average molecular weight is 657 g/mol. The van der Waals surface area contributed by atoms with E-state index in [2.05, 4.69) is 20.9 Å².